The maximum Gasteiger partial charge on any atom is 0.303 e. The molecule has 13 heavy (non-hydrogen) atoms. The van der Waals surface area contributed by atoms with Crippen LogP contribution >= 0.6 is 15.9 Å². The highest BCUT2D eigenvalue weighted by Crippen LogP contribution is 2.29. The van der Waals surface area contributed by atoms with E-state index in [1.165, 1.54) is 0 Å². The Morgan fingerprint density at radius 2 is 2.31 bits per heavy atom. The monoisotopic (exact) mass is 248 g/mol. The second-order valence-electron chi connectivity index (χ2n) is 3.51. The molecule has 0 aromatic carbocycles. The summed E-state index contributed by atoms with van der Waals surface area (Å²) in [5.41, 5.74) is 0. The van der Waals surface area contributed by atoms with E-state index in [0.29, 0.717) is 18.8 Å². The number of hydrogen-bond donors (Lipinski definition) is 1. The van der Waals surface area contributed by atoms with Crippen LogP contribution < -0.4 is 0 Å². The molecular formula is C9H13BrO3. The summed E-state index contributed by atoms with van der Waals surface area (Å²) in [6.07, 6.45) is 3.17. The topological polar surface area (TPSA) is 54.4 Å². The van der Waals surface area contributed by atoms with Gasteiger partial charge in [-0.3, -0.25) is 9.59 Å². The standard InChI is InChI=1S/C9H13BrO3/c10-7-5-6(1-3-8(7)11)2-4-9(12)13/h6-7H,1-5H2,(H,12,13). The Kier molecular flexibility index (Phi) is 3.90. The highest BCUT2D eigenvalue weighted by Gasteiger charge is 2.26. The SMILES string of the molecule is O=C(O)CCC1CCC(=O)C(Br)C1. The lowest BCUT2D eigenvalue weighted by atomic mass is 9.85. The largest absolute Gasteiger partial charge is 0.481 e. The summed E-state index contributed by atoms with van der Waals surface area (Å²) in [6.45, 7) is 0. The fourth-order valence-electron chi connectivity index (χ4n) is 1.63. The van der Waals surface area contributed by atoms with Gasteiger partial charge >= 0.3 is 5.97 Å². The van der Waals surface area contributed by atoms with Crippen LogP contribution in [0.3, 0.4) is 0 Å². The predicted octanol–water partition coefficient (Wildman–Crippen LogP) is 1.98. The number of carboxylic acids is 1. The molecule has 2 atom stereocenters. The van der Waals surface area contributed by atoms with Gasteiger partial charge < -0.3 is 5.11 Å². The molecule has 0 saturated heterocycles. The number of Topliss-reactive ketones (excluding diaryl/α,β-unsaturated/α-hetero) is 1. The maximum absolute atomic E-state index is 11.1. The Bertz CT molecular complexity index is 215. The maximum atomic E-state index is 11.1. The van der Waals surface area contributed by atoms with Crippen LogP contribution in [-0.2, 0) is 9.59 Å². The number of carbonyl (C=O) groups excluding carboxylic acids is 1. The molecule has 0 aromatic heterocycles. The first-order valence-corrected chi connectivity index (χ1v) is 5.39. The Morgan fingerprint density at radius 1 is 1.62 bits per heavy atom. The first kappa shape index (κ1) is 10.7. The molecule has 0 spiro atoms. The Morgan fingerprint density at radius 3 is 2.85 bits per heavy atom. The van der Waals surface area contributed by atoms with Gasteiger partial charge in [-0.15, -0.1) is 0 Å². The molecule has 0 aromatic rings. The fraction of sp³-hybridized carbons (Fsp3) is 0.778. The van der Waals surface area contributed by atoms with E-state index in [-0.39, 0.29) is 17.0 Å². The number of ketones is 1. The van der Waals surface area contributed by atoms with E-state index in [1.54, 1.807) is 0 Å². The van der Waals surface area contributed by atoms with Crippen molar-refractivity contribution in [3.8, 4) is 0 Å². The number of aliphatic carboxylic acids is 1. The molecule has 3 nitrogen and oxygen atoms in total. The van der Waals surface area contributed by atoms with Crippen LogP contribution in [-0.4, -0.2) is 21.7 Å². The van der Waals surface area contributed by atoms with E-state index in [9.17, 15) is 9.59 Å². The van der Waals surface area contributed by atoms with Gasteiger partial charge in [0, 0.05) is 12.8 Å². The van der Waals surface area contributed by atoms with Crippen LogP contribution in [0.1, 0.15) is 32.1 Å². The number of carboxylic acid groups (broad SMARTS) is 1. The van der Waals surface area contributed by atoms with Gasteiger partial charge in [0.25, 0.3) is 0 Å². The summed E-state index contributed by atoms with van der Waals surface area (Å²) in [4.78, 5) is 21.4. The number of alkyl halides is 1. The number of hydrogen-bond acceptors (Lipinski definition) is 2. The van der Waals surface area contributed by atoms with Crippen molar-refractivity contribution in [3.05, 3.63) is 0 Å². The van der Waals surface area contributed by atoms with Crippen molar-refractivity contribution < 1.29 is 14.7 Å². The molecule has 1 fully saturated rings. The lowest BCUT2D eigenvalue weighted by Gasteiger charge is -2.23. The fourth-order valence-corrected chi connectivity index (χ4v) is 2.39. The highest BCUT2D eigenvalue weighted by atomic mass is 79.9. The lowest BCUT2D eigenvalue weighted by Crippen LogP contribution is -2.25. The van der Waals surface area contributed by atoms with Crippen molar-refractivity contribution in [2.45, 2.75) is 36.9 Å². The molecule has 1 saturated carbocycles. The minimum absolute atomic E-state index is 0.0416. The quantitative estimate of drug-likeness (QED) is 0.778. The number of rotatable bonds is 3. The van der Waals surface area contributed by atoms with E-state index in [1.807, 2.05) is 0 Å². The molecular weight excluding hydrogens is 236 g/mol. The van der Waals surface area contributed by atoms with Crippen molar-refractivity contribution in [2.24, 2.45) is 5.92 Å². The van der Waals surface area contributed by atoms with Gasteiger partial charge in [-0.2, -0.15) is 0 Å². The summed E-state index contributed by atoms with van der Waals surface area (Å²) in [7, 11) is 0. The molecule has 0 amide bonds. The summed E-state index contributed by atoms with van der Waals surface area (Å²) in [5.74, 6) is -0.0900. The van der Waals surface area contributed by atoms with Crippen LogP contribution in [0.5, 0.6) is 0 Å². The summed E-state index contributed by atoms with van der Waals surface area (Å²) >= 11 is 3.30. The third kappa shape index (κ3) is 3.46. The van der Waals surface area contributed by atoms with E-state index >= 15 is 0 Å². The van der Waals surface area contributed by atoms with Crippen LogP contribution in [0.15, 0.2) is 0 Å². The molecule has 1 aliphatic rings. The van der Waals surface area contributed by atoms with Gasteiger partial charge in [0.15, 0.2) is 0 Å². The van der Waals surface area contributed by atoms with Gasteiger partial charge in [0.2, 0.25) is 0 Å². The second-order valence-corrected chi connectivity index (χ2v) is 4.61. The zero-order valence-electron chi connectivity index (χ0n) is 7.33. The molecule has 0 heterocycles. The predicted molar refractivity (Wildman–Crippen MR) is 51.9 cm³/mol. The molecule has 1 rings (SSSR count). The van der Waals surface area contributed by atoms with Crippen LogP contribution in [0.25, 0.3) is 0 Å². The molecule has 1 aliphatic carbocycles. The third-order valence-corrected chi connectivity index (χ3v) is 3.34. The average molecular weight is 249 g/mol. The summed E-state index contributed by atoms with van der Waals surface area (Å²) in [5, 5.41) is 8.48. The summed E-state index contributed by atoms with van der Waals surface area (Å²) in [6, 6.07) is 0. The van der Waals surface area contributed by atoms with Crippen molar-refractivity contribution >= 4 is 27.7 Å². The third-order valence-electron chi connectivity index (χ3n) is 2.46. The van der Waals surface area contributed by atoms with Crippen molar-refractivity contribution in [1.82, 2.24) is 0 Å². The van der Waals surface area contributed by atoms with Crippen molar-refractivity contribution in [1.29, 1.82) is 0 Å². The van der Waals surface area contributed by atoms with Gasteiger partial charge in [-0.05, 0) is 25.2 Å². The summed E-state index contributed by atoms with van der Waals surface area (Å²) < 4.78 is 0. The van der Waals surface area contributed by atoms with Gasteiger partial charge in [-0.25, -0.2) is 0 Å². The molecule has 4 heteroatoms. The van der Waals surface area contributed by atoms with Gasteiger partial charge in [0.05, 0.1) is 4.83 Å². The number of carbonyl (C=O) groups is 2. The molecule has 1 N–H and O–H groups in total. The van der Waals surface area contributed by atoms with E-state index < -0.39 is 5.97 Å². The van der Waals surface area contributed by atoms with Crippen molar-refractivity contribution in [2.75, 3.05) is 0 Å². The second kappa shape index (κ2) is 4.74. The zero-order valence-corrected chi connectivity index (χ0v) is 8.92. The smallest absolute Gasteiger partial charge is 0.303 e. The molecule has 0 bridgehead atoms. The lowest BCUT2D eigenvalue weighted by molar-refractivity contribution is -0.137. The molecule has 0 radical (unpaired) electrons. The Balaban J connectivity index is 2.29. The zero-order chi connectivity index (χ0) is 9.84. The van der Waals surface area contributed by atoms with E-state index in [4.69, 9.17) is 5.11 Å². The van der Waals surface area contributed by atoms with Crippen LogP contribution in [0.2, 0.25) is 0 Å². The van der Waals surface area contributed by atoms with Gasteiger partial charge in [0.1, 0.15) is 5.78 Å². The van der Waals surface area contributed by atoms with Crippen LogP contribution in [0, 0.1) is 5.92 Å². The normalized spacial score (nSPS) is 28.8. The van der Waals surface area contributed by atoms with E-state index in [2.05, 4.69) is 15.9 Å². The molecule has 74 valence electrons. The van der Waals surface area contributed by atoms with E-state index in [0.717, 1.165) is 12.8 Å². The Hall–Kier alpha value is -0.380. The Labute approximate surface area is 85.6 Å². The first-order valence-electron chi connectivity index (χ1n) is 4.48. The van der Waals surface area contributed by atoms with Crippen molar-refractivity contribution in [3.63, 3.8) is 0 Å². The minimum atomic E-state index is -0.747. The molecule has 2 unspecified atom stereocenters. The first-order chi connectivity index (χ1) is 6.09. The molecule has 0 aliphatic heterocycles. The highest BCUT2D eigenvalue weighted by molar-refractivity contribution is 9.10. The van der Waals surface area contributed by atoms with Gasteiger partial charge in [-0.1, -0.05) is 15.9 Å². The van der Waals surface area contributed by atoms with Crippen LogP contribution in [0.4, 0.5) is 0 Å². The minimum Gasteiger partial charge on any atom is -0.481 e. The number of halogens is 1. The average Bonchev–Trinajstić information content (AvgIpc) is 2.07.